The van der Waals surface area contributed by atoms with Gasteiger partial charge in [0.1, 0.15) is 11.5 Å². The van der Waals surface area contributed by atoms with Crippen molar-refractivity contribution in [3.63, 3.8) is 0 Å². The molecular formula is C17H20ClFN2O. The molecule has 0 saturated carbocycles. The zero-order valence-electron chi connectivity index (χ0n) is 12.6. The zero-order chi connectivity index (χ0) is 15.7. The van der Waals surface area contributed by atoms with Crippen molar-refractivity contribution < 1.29 is 8.91 Å². The molecule has 0 unspecified atom stereocenters. The Hall–Kier alpha value is -2.17. The summed E-state index contributed by atoms with van der Waals surface area (Å²) in [5, 5.41) is 4.79. The van der Waals surface area contributed by atoms with Crippen LogP contribution in [-0.2, 0) is 0 Å². The predicted molar refractivity (Wildman–Crippen MR) is 92.6 cm³/mol. The van der Waals surface area contributed by atoms with E-state index in [1.165, 1.54) is 19.2 Å². The Bertz CT molecular complexity index is 683. The molecule has 0 aliphatic rings. The van der Waals surface area contributed by atoms with Crippen LogP contribution in [0.25, 0.3) is 22.2 Å². The minimum atomic E-state index is -0.316. The van der Waals surface area contributed by atoms with E-state index in [1.807, 2.05) is 37.3 Å². The molecule has 3 aromatic rings. The van der Waals surface area contributed by atoms with Gasteiger partial charge in [-0.25, -0.2) is 4.39 Å². The van der Waals surface area contributed by atoms with Gasteiger partial charge in [-0.1, -0.05) is 41.6 Å². The minimum absolute atomic E-state index is 0. The fourth-order valence-electron chi connectivity index (χ4n) is 1.72. The molecule has 0 amide bonds. The molecule has 0 aliphatic heterocycles. The van der Waals surface area contributed by atoms with Crippen LogP contribution in [0.5, 0.6) is 0 Å². The van der Waals surface area contributed by atoms with Crippen molar-refractivity contribution in [1.29, 1.82) is 0 Å². The van der Waals surface area contributed by atoms with Crippen molar-refractivity contribution in [2.75, 3.05) is 7.05 Å². The molecule has 1 heterocycles. The number of benzene rings is 2. The lowest BCUT2D eigenvalue weighted by Gasteiger charge is -1.94. The quantitative estimate of drug-likeness (QED) is 0.653. The van der Waals surface area contributed by atoms with Crippen molar-refractivity contribution in [2.45, 2.75) is 6.92 Å². The fraction of sp³-hybridized carbons (Fsp3) is 0.118. The van der Waals surface area contributed by atoms with Gasteiger partial charge in [-0.2, -0.15) is 0 Å². The molecule has 5 heteroatoms. The Morgan fingerprint density at radius 3 is 2.32 bits per heavy atom. The predicted octanol–water partition coefficient (Wildman–Crippen LogP) is 4.82. The normalized spacial score (nSPS) is 8.73. The van der Waals surface area contributed by atoms with E-state index < -0.39 is 0 Å². The second kappa shape index (κ2) is 10.5. The Balaban J connectivity index is 0.000000663. The van der Waals surface area contributed by atoms with E-state index >= 15 is 0 Å². The highest BCUT2D eigenvalue weighted by Crippen LogP contribution is 2.27. The molecule has 0 bridgehead atoms. The van der Waals surface area contributed by atoms with Gasteiger partial charge in [0.25, 0.3) is 0 Å². The second-order valence-electron chi connectivity index (χ2n) is 3.95. The minimum Gasteiger partial charge on any atom is -0.356 e. The van der Waals surface area contributed by atoms with Crippen LogP contribution in [0, 0.1) is 5.82 Å². The Morgan fingerprint density at radius 2 is 1.73 bits per heavy atom. The first kappa shape index (κ1) is 19.8. The van der Waals surface area contributed by atoms with Crippen LogP contribution in [0.1, 0.15) is 6.92 Å². The lowest BCUT2D eigenvalue weighted by Crippen LogP contribution is -1.77. The number of fused-ring (bicyclic) bond motifs is 1. The lowest BCUT2D eigenvalue weighted by atomic mass is 10.1. The maximum atomic E-state index is 13.0. The zero-order valence-corrected chi connectivity index (χ0v) is 13.4. The highest BCUT2D eigenvalue weighted by molar-refractivity contribution is 5.91. The standard InChI is InChI=1S/C13H8FNO.C3H6.CH5N.ClH/c14-10-6-7-11-12(8-10)16-15-13(11)9-4-2-1-3-5-9;1-3-2;1-2;/h1-8H;3H,1H2,2H3;2H2,1H3;1H. The van der Waals surface area contributed by atoms with Gasteiger partial charge < -0.3 is 10.3 Å². The number of nitrogens with zero attached hydrogens (tertiary/aromatic N) is 1. The van der Waals surface area contributed by atoms with Crippen molar-refractivity contribution >= 4 is 23.4 Å². The van der Waals surface area contributed by atoms with E-state index in [9.17, 15) is 4.39 Å². The number of hydrogen-bond donors (Lipinski definition) is 1. The maximum absolute atomic E-state index is 13.0. The van der Waals surface area contributed by atoms with Gasteiger partial charge in [-0.3, -0.25) is 0 Å². The Labute approximate surface area is 136 Å². The summed E-state index contributed by atoms with van der Waals surface area (Å²) < 4.78 is 18.1. The highest BCUT2D eigenvalue weighted by Gasteiger charge is 2.10. The van der Waals surface area contributed by atoms with E-state index in [1.54, 1.807) is 12.1 Å². The molecule has 1 aromatic heterocycles. The number of aromatic nitrogens is 1. The summed E-state index contributed by atoms with van der Waals surface area (Å²) in [6.07, 6.45) is 1.75. The number of nitrogens with two attached hydrogens (primary N) is 1. The van der Waals surface area contributed by atoms with Crippen LogP contribution in [0.4, 0.5) is 4.39 Å². The van der Waals surface area contributed by atoms with Gasteiger partial charge >= 0.3 is 0 Å². The molecule has 118 valence electrons. The van der Waals surface area contributed by atoms with Crippen molar-refractivity contribution in [1.82, 2.24) is 5.16 Å². The van der Waals surface area contributed by atoms with Crippen LogP contribution < -0.4 is 5.73 Å². The van der Waals surface area contributed by atoms with Gasteiger partial charge in [0.2, 0.25) is 0 Å². The van der Waals surface area contributed by atoms with Gasteiger partial charge in [0.05, 0.1) is 0 Å². The molecule has 0 fully saturated rings. The first-order chi connectivity index (χ1) is 10.3. The van der Waals surface area contributed by atoms with Crippen LogP contribution >= 0.6 is 12.4 Å². The van der Waals surface area contributed by atoms with Crippen molar-refractivity contribution in [3.05, 3.63) is 67.0 Å². The molecule has 2 aromatic carbocycles. The SMILES string of the molecule is C=CC.CN.Cl.Fc1ccc2c(-c3ccccc3)noc2c1. The van der Waals surface area contributed by atoms with Crippen molar-refractivity contribution in [3.8, 4) is 11.3 Å². The topological polar surface area (TPSA) is 52.0 Å². The van der Waals surface area contributed by atoms with Crippen LogP contribution in [-0.4, -0.2) is 12.2 Å². The molecule has 3 nitrogen and oxygen atoms in total. The smallest absolute Gasteiger partial charge is 0.170 e. The summed E-state index contributed by atoms with van der Waals surface area (Å²) >= 11 is 0. The van der Waals surface area contributed by atoms with Crippen LogP contribution in [0.2, 0.25) is 0 Å². The molecule has 0 spiro atoms. The van der Waals surface area contributed by atoms with E-state index in [2.05, 4.69) is 17.5 Å². The summed E-state index contributed by atoms with van der Waals surface area (Å²) in [5.74, 6) is -0.316. The van der Waals surface area contributed by atoms with Crippen LogP contribution in [0.15, 0.2) is 65.7 Å². The Morgan fingerprint density at radius 1 is 1.14 bits per heavy atom. The summed E-state index contributed by atoms with van der Waals surface area (Å²) in [7, 11) is 1.50. The molecule has 3 rings (SSSR count). The first-order valence-electron chi connectivity index (χ1n) is 6.51. The number of hydrogen-bond acceptors (Lipinski definition) is 3. The molecular weight excluding hydrogens is 303 g/mol. The average Bonchev–Trinajstić information content (AvgIpc) is 2.94. The summed E-state index contributed by atoms with van der Waals surface area (Å²) in [5.41, 5.74) is 6.68. The largest absolute Gasteiger partial charge is 0.356 e. The van der Waals surface area contributed by atoms with Crippen molar-refractivity contribution in [2.24, 2.45) is 5.73 Å². The summed E-state index contributed by atoms with van der Waals surface area (Å²) in [4.78, 5) is 0. The maximum Gasteiger partial charge on any atom is 0.170 e. The molecule has 0 saturated heterocycles. The van der Waals surface area contributed by atoms with Gasteiger partial charge in [-0.05, 0) is 26.1 Å². The van der Waals surface area contributed by atoms with E-state index in [-0.39, 0.29) is 18.2 Å². The highest BCUT2D eigenvalue weighted by atomic mass is 35.5. The summed E-state index contributed by atoms with van der Waals surface area (Å²) in [6.45, 7) is 5.25. The molecule has 0 atom stereocenters. The lowest BCUT2D eigenvalue weighted by molar-refractivity contribution is 0.457. The molecule has 2 N–H and O–H groups in total. The van der Waals surface area contributed by atoms with Gasteiger partial charge in [0.15, 0.2) is 5.58 Å². The third-order valence-corrected chi connectivity index (χ3v) is 2.48. The molecule has 22 heavy (non-hydrogen) atoms. The third kappa shape index (κ3) is 4.98. The van der Waals surface area contributed by atoms with E-state index in [0.29, 0.717) is 5.58 Å². The Kier molecular flexibility index (Phi) is 9.50. The monoisotopic (exact) mass is 322 g/mol. The second-order valence-corrected chi connectivity index (χ2v) is 3.95. The van der Waals surface area contributed by atoms with Crippen LogP contribution in [0.3, 0.4) is 0 Å². The average molecular weight is 323 g/mol. The van der Waals surface area contributed by atoms with Gasteiger partial charge in [-0.15, -0.1) is 19.0 Å². The van der Waals surface area contributed by atoms with Gasteiger partial charge in [0, 0.05) is 17.0 Å². The van der Waals surface area contributed by atoms with E-state index in [4.69, 9.17) is 4.52 Å². The molecule has 0 radical (unpaired) electrons. The first-order valence-corrected chi connectivity index (χ1v) is 6.51. The fourth-order valence-corrected chi connectivity index (χ4v) is 1.72. The third-order valence-electron chi connectivity index (χ3n) is 2.48. The number of rotatable bonds is 1. The molecule has 0 aliphatic carbocycles. The number of halogens is 2. The number of allylic oxidation sites excluding steroid dienone is 1. The van der Waals surface area contributed by atoms with E-state index in [0.717, 1.165) is 16.6 Å². The summed E-state index contributed by atoms with van der Waals surface area (Å²) in [6, 6.07) is 14.1.